The largest absolute Gasteiger partial charge is 0.348 e. The predicted octanol–water partition coefficient (Wildman–Crippen LogP) is 3.76. The average Bonchev–Trinajstić information content (AvgIpc) is 3.49. The van der Waals surface area contributed by atoms with Crippen LogP contribution in [0.1, 0.15) is 38.4 Å². The third-order valence-corrected chi connectivity index (χ3v) is 6.73. The molecule has 30 heavy (non-hydrogen) atoms. The maximum absolute atomic E-state index is 13.7. The summed E-state index contributed by atoms with van der Waals surface area (Å²) in [6.45, 7) is 2.61. The summed E-state index contributed by atoms with van der Waals surface area (Å²) in [5.41, 5.74) is 5.40. The lowest BCUT2D eigenvalue weighted by atomic mass is 10.0. The molecule has 1 aromatic carbocycles. The van der Waals surface area contributed by atoms with Crippen molar-refractivity contribution in [1.82, 2.24) is 29.5 Å². The number of imidazole rings is 1. The molecule has 1 N–H and O–H groups in total. The number of hydrogen-bond acceptors (Lipinski definition) is 5. The Bertz CT molecular complexity index is 1380. The van der Waals surface area contributed by atoms with Crippen molar-refractivity contribution in [3.8, 4) is 0 Å². The number of aryl methyl sites for hydroxylation is 1. The molecule has 0 radical (unpaired) electrons. The van der Waals surface area contributed by atoms with E-state index in [1.165, 1.54) is 0 Å². The highest BCUT2D eigenvalue weighted by molar-refractivity contribution is 7.18. The van der Waals surface area contributed by atoms with E-state index < -0.39 is 0 Å². The van der Waals surface area contributed by atoms with Crippen molar-refractivity contribution in [3.05, 3.63) is 82.6 Å². The summed E-state index contributed by atoms with van der Waals surface area (Å²) in [6.07, 6.45) is 5.99. The second-order valence-electron chi connectivity index (χ2n) is 7.53. The van der Waals surface area contributed by atoms with Gasteiger partial charge in [-0.25, -0.2) is 14.5 Å². The topological polar surface area (TPSA) is 79.2 Å². The van der Waals surface area contributed by atoms with Crippen LogP contribution in [0.5, 0.6) is 0 Å². The van der Waals surface area contributed by atoms with Gasteiger partial charge in [0, 0.05) is 24.9 Å². The standard InChI is InChI=1S/C22H18N6OS/c1-13-6-9-28-17(10-13)14(11-25-28)22(29)27-8-7-16-19(24-12-23-16)20(27)21-26-15-4-2-3-5-18(15)30-21/h2-6,9-12,20H,7-8H2,1H3,(H,23,24)/t20-/m0/s1. The van der Waals surface area contributed by atoms with Gasteiger partial charge < -0.3 is 9.88 Å². The summed E-state index contributed by atoms with van der Waals surface area (Å²) in [5, 5.41) is 5.26. The molecule has 5 aromatic rings. The summed E-state index contributed by atoms with van der Waals surface area (Å²) < 4.78 is 2.85. The van der Waals surface area contributed by atoms with Crippen molar-refractivity contribution in [3.63, 3.8) is 0 Å². The van der Waals surface area contributed by atoms with E-state index in [2.05, 4.69) is 21.1 Å². The van der Waals surface area contributed by atoms with Crippen LogP contribution in [0.3, 0.4) is 0 Å². The Labute approximate surface area is 176 Å². The highest BCUT2D eigenvalue weighted by Crippen LogP contribution is 2.38. The van der Waals surface area contributed by atoms with Crippen molar-refractivity contribution in [2.75, 3.05) is 6.54 Å². The smallest absolute Gasteiger partial charge is 0.258 e. The third-order valence-electron chi connectivity index (χ3n) is 5.64. The number of amides is 1. The minimum atomic E-state index is -0.315. The Hall–Kier alpha value is -3.52. The molecule has 0 bridgehead atoms. The maximum Gasteiger partial charge on any atom is 0.258 e. The number of aromatic nitrogens is 5. The number of fused-ring (bicyclic) bond motifs is 3. The zero-order valence-corrected chi connectivity index (χ0v) is 17.1. The minimum absolute atomic E-state index is 0.0477. The van der Waals surface area contributed by atoms with Crippen molar-refractivity contribution in [2.45, 2.75) is 19.4 Å². The van der Waals surface area contributed by atoms with E-state index in [0.717, 1.165) is 44.1 Å². The second kappa shape index (κ2) is 6.50. The van der Waals surface area contributed by atoms with Crippen LogP contribution in [-0.2, 0) is 6.42 Å². The maximum atomic E-state index is 13.7. The molecule has 6 rings (SSSR count). The van der Waals surface area contributed by atoms with E-state index in [-0.39, 0.29) is 11.9 Å². The van der Waals surface area contributed by atoms with Crippen LogP contribution >= 0.6 is 11.3 Å². The van der Waals surface area contributed by atoms with Gasteiger partial charge in [0.05, 0.1) is 39.5 Å². The quantitative estimate of drug-likeness (QED) is 0.477. The second-order valence-corrected chi connectivity index (χ2v) is 8.59. The van der Waals surface area contributed by atoms with Gasteiger partial charge in [0.1, 0.15) is 11.0 Å². The number of hydrogen-bond donors (Lipinski definition) is 1. The van der Waals surface area contributed by atoms with E-state index >= 15 is 0 Å². The number of nitrogens with one attached hydrogen (secondary N) is 1. The lowest BCUT2D eigenvalue weighted by Crippen LogP contribution is -2.40. The molecule has 148 valence electrons. The molecule has 4 aromatic heterocycles. The monoisotopic (exact) mass is 414 g/mol. The molecule has 1 aliphatic heterocycles. The normalized spacial score (nSPS) is 16.3. The molecular weight excluding hydrogens is 396 g/mol. The number of carbonyl (C=O) groups is 1. The number of aromatic amines is 1. The van der Waals surface area contributed by atoms with Gasteiger partial charge in [-0.3, -0.25) is 4.79 Å². The zero-order chi connectivity index (χ0) is 20.2. The first-order valence-corrected chi connectivity index (χ1v) is 10.6. The number of H-pyrrole nitrogens is 1. The highest BCUT2D eigenvalue weighted by atomic mass is 32.1. The molecular formula is C22H18N6OS. The predicted molar refractivity (Wildman–Crippen MR) is 115 cm³/mol. The minimum Gasteiger partial charge on any atom is -0.348 e. The van der Waals surface area contributed by atoms with Crippen LogP contribution in [0, 0.1) is 6.92 Å². The third kappa shape index (κ3) is 2.57. The Morgan fingerprint density at radius 2 is 2.17 bits per heavy atom. The molecule has 8 heteroatoms. The van der Waals surface area contributed by atoms with Crippen LogP contribution < -0.4 is 0 Å². The number of thiazole rings is 1. The Morgan fingerprint density at radius 3 is 3.07 bits per heavy atom. The Kier molecular flexibility index (Phi) is 3.76. The van der Waals surface area contributed by atoms with Crippen molar-refractivity contribution < 1.29 is 4.79 Å². The van der Waals surface area contributed by atoms with Gasteiger partial charge in [0.2, 0.25) is 0 Å². The number of nitrogens with zero attached hydrogens (tertiary/aromatic N) is 5. The highest BCUT2D eigenvalue weighted by Gasteiger charge is 2.37. The van der Waals surface area contributed by atoms with Crippen LogP contribution in [0.4, 0.5) is 0 Å². The fourth-order valence-corrected chi connectivity index (χ4v) is 5.24. The SMILES string of the molecule is Cc1ccn2ncc(C(=O)N3CCc4[nH]cnc4[C@H]3c3nc4ccccc4s3)c2c1. The molecule has 0 saturated carbocycles. The lowest BCUT2D eigenvalue weighted by Gasteiger charge is -2.33. The molecule has 0 spiro atoms. The summed E-state index contributed by atoms with van der Waals surface area (Å²) in [6, 6.07) is 11.7. The van der Waals surface area contributed by atoms with E-state index in [0.29, 0.717) is 12.1 Å². The van der Waals surface area contributed by atoms with Crippen molar-refractivity contribution >= 4 is 33.0 Å². The molecule has 1 atom stereocenters. The van der Waals surface area contributed by atoms with Crippen LogP contribution in [0.2, 0.25) is 0 Å². The van der Waals surface area contributed by atoms with Gasteiger partial charge in [-0.2, -0.15) is 5.10 Å². The summed E-state index contributed by atoms with van der Waals surface area (Å²) in [4.78, 5) is 28.3. The zero-order valence-electron chi connectivity index (χ0n) is 16.2. The summed E-state index contributed by atoms with van der Waals surface area (Å²) in [5.74, 6) is -0.0477. The van der Waals surface area contributed by atoms with Crippen LogP contribution in [0.25, 0.3) is 15.7 Å². The lowest BCUT2D eigenvalue weighted by molar-refractivity contribution is 0.0692. The van der Waals surface area contributed by atoms with Crippen molar-refractivity contribution in [2.24, 2.45) is 0 Å². The van der Waals surface area contributed by atoms with Crippen LogP contribution in [0.15, 0.2) is 55.1 Å². The first-order valence-electron chi connectivity index (χ1n) is 9.81. The molecule has 1 amide bonds. The van der Waals surface area contributed by atoms with Crippen LogP contribution in [-0.4, -0.2) is 41.9 Å². The van der Waals surface area contributed by atoms with Crippen molar-refractivity contribution in [1.29, 1.82) is 0 Å². The first kappa shape index (κ1) is 17.3. The van der Waals surface area contributed by atoms with E-state index in [4.69, 9.17) is 4.98 Å². The molecule has 0 saturated heterocycles. The van der Waals surface area contributed by atoms with Gasteiger partial charge in [-0.05, 0) is 36.8 Å². The fourth-order valence-electron chi connectivity index (χ4n) is 4.16. The number of benzene rings is 1. The molecule has 7 nitrogen and oxygen atoms in total. The van der Waals surface area contributed by atoms with Gasteiger partial charge in [-0.1, -0.05) is 12.1 Å². The average molecular weight is 414 g/mol. The summed E-state index contributed by atoms with van der Waals surface area (Å²) in [7, 11) is 0. The van der Waals surface area contributed by atoms with Gasteiger partial charge in [0.25, 0.3) is 5.91 Å². The molecule has 5 heterocycles. The molecule has 1 aliphatic rings. The number of para-hydroxylation sites is 1. The Morgan fingerprint density at radius 1 is 1.27 bits per heavy atom. The van der Waals surface area contributed by atoms with E-state index in [1.54, 1.807) is 28.4 Å². The van der Waals surface area contributed by atoms with E-state index in [1.807, 2.05) is 48.4 Å². The number of rotatable bonds is 2. The first-order chi connectivity index (χ1) is 14.7. The molecule has 0 fully saturated rings. The number of pyridine rings is 1. The molecule has 0 aliphatic carbocycles. The van der Waals surface area contributed by atoms with Gasteiger partial charge in [-0.15, -0.1) is 11.3 Å². The summed E-state index contributed by atoms with van der Waals surface area (Å²) >= 11 is 1.62. The van der Waals surface area contributed by atoms with E-state index in [9.17, 15) is 4.79 Å². The van der Waals surface area contributed by atoms with Gasteiger partial charge in [0.15, 0.2) is 0 Å². The van der Waals surface area contributed by atoms with Gasteiger partial charge >= 0.3 is 0 Å². The molecule has 0 unspecified atom stereocenters. The Balaban J connectivity index is 1.49. The number of carbonyl (C=O) groups excluding carboxylic acids is 1. The fraction of sp³-hybridized carbons (Fsp3) is 0.182.